The molecule has 1 saturated carbocycles. The van der Waals surface area contributed by atoms with Gasteiger partial charge in [-0.1, -0.05) is 23.7 Å². The lowest BCUT2D eigenvalue weighted by molar-refractivity contribution is -0.182. The molecule has 0 amide bonds. The Morgan fingerprint density at radius 3 is 2.40 bits per heavy atom. The zero-order valence-corrected chi connectivity index (χ0v) is 12.1. The molecule has 0 aliphatic heterocycles. The molecule has 5 heteroatoms. The predicted octanol–water partition coefficient (Wildman–Crippen LogP) is 5.11. The quantitative estimate of drug-likeness (QED) is 0.818. The van der Waals surface area contributed by atoms with Crippen molar-refractivity contribution in [3.8, 4) is 0 Å². The lowest BCUT2D eigenvalue weighted by atomic mass is 9.85. The maximum Gasteiger partial charge on any atom is 0.391 e. The second kappa shape index (κ2) is 6.35. The summed E-state index contributed by atoms with van der Waals surface area (Å²) in [6.07, 6.45) is -2.43. The highest BCUT2D eigenvalue weighted by molar-refractivity contribution is 6.30. The Hall–Kier alpha value is -0.740. The number of hydrogen-bond donors (Lipinski definition) is 1. The normalized spacial score (nSPS) is 25.4. The Labute approximate surface area is 122 Å². The molecule has 112 valence electrons. The van der Waals surface area contributed by atoms with Gasteiger partial charge in [-0.25, -0.2) is 0 Å². The minimum absolute atomic E-state index is 0.0983. The Kier molecular flexibility index (Phi) is 4.97. The number of halogens is 4. The van der Waals surface area contributed by atoms with E-state index in [2.05, 4.69) is 5.32 Å². The number of benzene rings is 1. The van der Waals surface area contributed by atoms with E-state index in [0.29, 0.717) is 17.9 Å². The predicted molar refractivity (Wildman–Crippen MR) is 74.8 cm³/mol. The maximum absolute atomic E-state index is 12.6. The highest BCUT2D eigenvalue weighted by atomic mass is 35.5. The molecular formula is C15H19ClF3N. The molecule has 1 aliphatic carbocycles. The van der Waals surface area contributed by atoms with E-state index in [1.54, 1.807) is 0 Å². The van der Waals surface area contributed by atoms with Crippen LogP contribution in [0.15, 0.2) is 24.3 Å². The number of alkyl halides is 3. The van der Waals surface area contributed by atoms with E-state index in [9.17, 15) is 13.2 Å². The molecule has 0 spiro atoms. The Balaban J connectivity index is 1.86. The third-order valence-electron chi connectivity index (χ3n) is 4.02. The van der Waals surface area contributed by atoms with Crippen molar-refractivity contribution in [2.45, 2.75) is 50.9 Å². The van der Waals surface area contributed by atoms with E-state index in [0.717, 1.165) is 5.56 Å². The van der Waals surface area contributed by atoms with E-state index in [1.807, 2.05) is 31.2 Å². The number of nitrogens with one attached hydrogen (secondary N) is 1. The smallest absolute Gasteiger partial charge is 0.307 e. The van der Waals surface area contributed by atoms with Gasteiger partial charge in [0.2, 0.25) is 0 Å². The van der Waals surface area contributed by atoms with E-state index in [4.69, 9.17) is 11.6 Å². The van der Waals surface area contributed by atoms with Crippen molar-refractivity contribution in [1.82, 2.24) is 5.32 Å². The van der Waals surface area contributed by atoms with E-state index >= 15 is 0 Å². The lowest BCUT2D eigenvalue weighted by Gasteiger charge is -2.32. The van der Waals surface area contributed by atoms with E-state index in [-0.39, 0.29) is 24.9 Å². The van der Waals surface area contributed by atoms with Crippen molar-refractivity contribution in [2.75, 3.05) is 0 Å². The van der Waals surface area contributed by atoms with Gasteiger partial charge in [-0.05, 0) is 50.3 Å². The summed E-state index contributed by atoms with van der Waals surface area (Å²) in [6, 6.07) is 7.82. The van der Waals surface area contributed by atoms with Crippen LogP contribution in [0.1, 0.15) is 44.2 Å². The minimum atomic E-state index is -4.04. The van der Waals surface area contributed by atoms with Gasteiger partial charge in [0, 0.05) is 17.1 Å². The standard InChI is InChI=1S/C15H19ClF3N/c1-10(11-3-2-4-13(16)9-11)20-14-7-5-12(6-8-14)15(17,18)19/h2-4,9-10,12,14,20H,5-8H2,1H3/t10-,12?,14?/m1/s1. The highest BCUT2D eigenvalue weighted by Crippen LogP contribution is 2.37. The van der Waals surface area contributed by atoms with Crippen LogP contribution in [0.4, 0.5) is 13.2 Å². The van der Waals surface area contributed by atoms with Gasteiger partial charge < -0.3 is 5.32 Å². The van der Waals surface area contributed by atoms with E-state index in [1.165, 1.54) is 0 Å². The molecule has 0 unspecified atom stereocenters. The summed E-state index contributed by atoms with van der Waals surface area (Å²) >= 11 is 5.95. The SMILES string of the molecule is C[C@@H](NC1CCC(C(F)(F)F)CC1)c1cccc(Cl)c1. The monoisotopic (exact) mass is 305 g/mol. The summed E-state index contributed by atoms with van der Waals surface area (Å²) in [5.74, 6) is -1.12. The van der Waals surface area contributed by atoms with Gasteiger partial charge in [0.1, 0.15) is 0 Å². The first-order chi connectivity index (χ1) is 9.36. The third kappa shape index (κ3) is 4.13. The van der Waals surface area contributed by atoms with Crippen LogP contribution < -0.4 is 5.32 Å². The largest absolute Gasteiger partial charge is 0.391 e. The number of hydrogen-bond acceptors (Lipinski definition) is 1. The van der Waals surface area contributed by atoms with Gasteiger partial charge in [0.25, 0.3) is 0 Å². The summed E-state index contributed by atoms with van der Waals surface area (Å²) in [5.41, 5.74) is 1.07. The molecule has 1 nitrogen and oxygen atoms in total. The fourth-order valence-electron chi connectivity index (χ4n) is 2.81. The molecule has 1 atom stereocenters. The second-order valence-corrected chi connectivity index (χ2v) is 5.97. The molecule has 1 fully saturated rings. The fourth-order valence-corrected chi connectivity index (χ4v) is 3.01. The molecule has 0 heterocycles. The van der Waals surface area contributed by atoms with Crippen molar-refractivity contribution in [3.05, 3.63) is 34.9 Å². The van der Waals surface area contributed by atoms with Crippen LogP contribution in [-0.2, 0) is 0 Å². The van der Waals surface area contributed by atoms with Gasteiger partial charge in [0.05, 0.1) is 5.92 Å². The molecule has 2 rings (SSSR count). The van der Waals surface area contributed by atoms with Crippen molar-refractivity contribution in [2.24, 2.45) is 5.92 Å². The van der Waals surface area contributed by atoms with Gasteiger partial charge in [0.15, 0.2) is 0 Å². The first-order valence-electron chi connectivity index (χ1n) is 6.94. The fraction of sp³-hybridized carbons (Fsp3) is 0.600. The van der Waals surface area contributed by atoms with Crippen LogP contribution in [0.3, 0.4) is 0 Å². The summed E-state index contributed by atoms with van der Waals surface area (Å²) in [5, 5.41) is 4.09. The van der Waals surface area contributed by atoms with Crippen molar-refractivity contribution in [3.63, 3.8) is 0 Å². The van der Waals surface area contributed by atoms with Crippen molar-refractivity contribution < 1.29 is 13.2 Å². The van der Waals surface area contributed by atoms with Gasteiger partial charge in [-0.15, -0.1) is 0 Å². The first-order valence-corrected chi connectivity index (χ1v) is 7.32. The van der Waals surface area contributed by atoms with Gasteiger partial charge in [-0.2, -0.15) is 13.2 Å². The molecule has 0 radical (unpaired) electrons. The minimum Gasteiger partial charge on any atom is -0.307 e. The summed E-state index contributed by atoms with van der Waals surface area (Å²) in [4.78, 5) is 0. The Morgan fingerprint density at radius 1 is 1.20 bits per heavy atom. The van der Waals surface area contributed by atoms with Gasteiger partial charge >= 0.3 is 6.18 Å². The molecule has 1 aromatic rings. The molecule has 1 N–H and O–H groups in total. The summed E-state index contributed by atoms with van der Waals surface area (Å²) in [7, 11) is 0. The molecule has 0 saturated heterocycles. The highest BCUT2D eigenvalue weighted by Gasteiger charge is 2.41. The molecule has 20 heavy (non-hydrogen) atoms. The molecule has 1 aliphatic rings. The molecule has 0 bridgehead atoms. The Morgan fingerprint density at radius 2 is 1.85 bits per heavy atom. The van der Waals surface area contributed by atoms with Crippen LogP contribution in [0.25, 0.3) is 0 Å². The summed E-state index contributed by atoms with van der Waals surface area (Å²) in [6.45, 7) is 2.02. The molecule has 1 aromatic carbocycles. The van der Waals surface area contributed by atoms with Crippen molar-refractivity contribution >= 4 is 11.6 Å². The van der Waals surface area contributed by atoms with E-state index < -0.39 is 12.1 Å². The molecule has 0 aromatic heterocycles. The average molecular weight is 306 g/mol. The van der Waals surface area contributed by atoms with Crippen LogP contribution in [0.2, 0.25) is 5.02 Å². The molecular weight excluding hydrogens is 287 g/mol. The summed E-state index contributed by atoms with van der Waals surface area (Å²) < 4.78 is 37.8. The van der Waals surface area contributed by atoms with Crippen LogP contribution in [-0.4, -0.2) is 12.2 Å². The maximum atomic E-state index is 12.6. The zero-order chi connectivity index (χ0) is 14.8. The second-order valence-electron chi connectivity index (χ2n) is 5.53. The van der Waals surface area contributed by atoms with Crippen LogP contribution in [0, 0.1) is 5.92 Å². The average Bonchev–Trinajstić information content (AvgIpc) is 2.38. The van der Waals surface area contributed by atoms with Crippen molar-refractivity contribution in [1.29, 1.82) is 0 Å². The third-order valence-corrected chi connectivity index (χ3v) is 4.26. The van der Waals surface area contributed by atoms with Crippen LogP contribution in [0.5, 0.6) is 0 Å². The topological polar surface area (TPSA) is 12.0 Å². The lowest BCUT2D eigenvalue weighted by Crippen LogP contribution is -2.38. The first kappa shape index (κ1) is 15.6. The van der Waals surface area contributed by atoms with Crippen LogP contribution >= 0.6 is 11.6 Å². The zero-order valence-electron chi connectivity index (χ0n) is 11.4. The number of rotatable bonds is 3. The van der Waals surface area contributed by atoms with Gasteiger partial charge in [-0.3, -0.25) is 0 Å². The Bertz CT molecular complexity index is 439.